The summed E-state index contributed by atoms with van der Waals surface area (Å²) >= 11 is 0. The van der Waals surface area contributed by atoms with E-state index in [0.717, 1.165) is 38.6 Å². The van der Waals surface area contributed by atoms with E-state index >= 15 is 0 Å². The van der Waals surface area contributed by atoms with Gasteiger partial charge in [-0.25, -0.2) is 0 Å². The van der Waals surface area contributed by atoms with Crippen LogP contribution >= 0.6 is 0 Å². The number of ketones is 1. The monoisotopic (exact) mass is 271 g/mol. The van der Waals surface area contributed by atoms with Crippen molar-refractivity contribution in [3.05, 3.63) is 0 Å². The molecule has 0 rings (SSSR count). The van der Waals surface area contributed by atoms with Crippen LogP contribution in [0.15, 0.2) is 0 Å². The third kappa shape index (κ3) is 19.7. The van der Waals surface area contributed by atoms with Crippen molar-refractivity contribution in [3.8, 4) is 0 Å². The van der Waals surface area contributed by atoms with Gasteiger partial charge in [-0.2, -0.15) is 0 Å². The summed E-state index contributed by atoms with van der Waals surface area (Å²) in [7, 11) is 0. The maximum atomic E-state index is 11.4. The van der Waals surface area contributed by atoms with Gasteiger partial charge in [0.1, 0.15) is 5.78 Å². The van der Waals surface area contributed by atoms with Crippen molar-refractivity contribution < 1.29 is 9.59 Å². The van der Waals surface area contributed by atoms with Crippen LogP contribution in [0.4, 0.5) is 0 Å². The number of carbonyl (C=O) groups excluding carboxylic acids is 2. The largest absolute Gasteiger partial charge is 0.356 e. The Hall–Kier alpha value is -0.860. The lowest BCUT2D eigenvalue weighted by molar-refractivity contribution is -0.121. The number of hydrogen-bond donors (Lipinski definition) is 1. The van der Waals surface area contributed by atoms with E-state index < -0.39 is 0 Å². The van der Waals surface area contributed by atoms with Crippen LogP contribution in [0.1, 0.15) is 79.6 Å². The van der Waals surface area contributed by atoms with E-state index in [0.29, 0.717) is 18.8 Å². The molecule has 0 aliphatic heterocycles. The summed E-state index contributed by atoms with van der Waals surface area (Å²) in [5.74, 6) is 1.03. The Morgan fingerprint density at radius 2 is 1.53 bits per heavy atom. The highest BCUT2D eigenvalue weighted by atomic mass is 16.1. The van der Waals surface area contributed by atoms with E-state index in [4.69, 9.17) is 0 Å². The van der Waals surface area contributed by atoms with E-state index in [1.54, 1.807) is 6.92 Å². The van der Waals surface area contributed by atoms with Gasteiger partial charge in [-0.3, -0.25) is 4.79 Å². The van der Waals surface area contributed by atoms with Crippen molar-refractivity contribution in [1.82, 2.24) is 5.32 Å². The van der Waals surface area contributed by atoms with E-state index in [-0.39, 0.29) is 11.7 Å². The fraction of sp³-hybridized carbons (Fsp3) is 0.875. The predicted molar refractivity (Wildman–Crippen MR) is 82.2 cm³/mol. The van der Waals surface area contributed by atoms with Gasteiger partial charge in [0.2, 0.25) is 5.91 Å². The first-order chi connectivity index (χ1) is 9.02. The Labute approximate surface area is 119 Å². The third-order valence-corrected chi connectivity index (χ3v) is 2.73. The van der Waals surface area contributed by atoms with Crippen molar-refractivity contribution >= 4 is 11.7 Å². The molecule has 0 fully saturated rings. The van der Waals surface area contributed by atoms with Gasteiger partial charge in [-0.1, -0.05) is 40.5 Å². The van der Waals surface area contributed by atoms with Crippen molar-refractivity contribution in [2.45, 2.75) is 79.6 Å². The highest BCUT2D eigenvalue weighted by molar-refractivity contribution is 5.75. The van der Waals surface area contributed by atoms with Crippen molar-refractivity contribution in [1.29, 1.82) is 0 Å². The molecule has 0 saturated heterocycles. The second-order valence-electron chi connectivity index (χ2n) is 5.15. The van der Waals surface area contributed by atoms with Crippen LogP contribution in [0.5, 0.6) is 0 Å². The van der Waals surface area contributed by atoms with Crippen LogP contribution in [-0.4, -0.2) is 18.2 Å². The molecule has 3 heteroatoms. The molecule has 0 bridgehead atoms. The summed E-state index contributed by atoms with van der Waals surface area (Å²) in [5, 5.41) is 2.93. The van der Waals surface area contributed by atoms with Gasteiger partial charge in [-0.05, 0) is 32.1 Å². The fourth-order valence-corrected chi connectivity index (χ4v) is 1.59. The molecule has 0 aliphatic rings. The minimum absolute atomic E-state index is 0.169. The van der Waals surface area contributed by atoms with Gasteiger partial charge < -0.3 is 10.1 Å². The molecule has 1 amide bonds. The highest BCUT2D eigenvalue weighted by Gasteiger charge is 2.02. The van der Waals surface area contributed by atoms with Crippen LogP contribution in [0.3, 0.4) is 0 Å². The average Bonchev–Trinajstić information content (AvgIpc) is 2.37. The Bertz CT molecular complexity index is 225. The van der Waals surface area contributed by atoms with Crippen LogP contribution in [0.2, 0.25) is 0 Å². The number of Topliss-reactive ketones (excluding diaryl/α,β-unsaturated/α-hetero) is 1. The molecular weight excluding hydrogens is 238 g/mol. The van der Waals surface area contributed by atoms with Gasteiger partial charge in [-0.15, -0.1) is 0 Å². The summed E-state index contributed by atoms with van der Waals surface area (Å²) in [6, 6.07) is 0. The van der Waals surface area contributed by atoms with E-state index in [2.05, 4.69) is 19.2 Å². The SMILES string of the molecule is CC.CC(=O)CCCCCCNC(=O)CCC(C)C. The first-order valence-corrected chi connectivity index (χ1v) is 7.78. The first-order valence-electron chi connectivity index (χ1n) is 7.78. The minimum Gasteiger partial charge on any atom is -0.356 e. The third-order valence-electron chi connectivity index (χ3n) is 2.73. The van der Waals surface area contributed by atoms with Gasteiger partial charge in [0.05, 0.1) is 0 Å². The van der Waals surface area contributed by atoms with Gasteiger partial charge in [0.25, 0.3) is 0 Å². The summed E-state index contributed by atoms with van der Waals surface area (Å²) in [6.45, 7) is 10.7. The van der Waals surface area contributed by atoms with Gasteiger partial charge >= 0.3 is 0 Å². The Morgan fingerprint density at radius 3 is 2.05 bits per heavy atom. The Kier molecular flexibility index (Phi) is 16.4. The molecule has 1 N–H and O–H groups in total. The second-order valence-corrected chi connectivity index (χ2v) is 5.15. The van der Waals surface area contributed by atoms with Gasteiger partial charge in [0, 0.05) is 19.4 Å². The lowest BCUT2D eigenvalue weighted by Gasteiger charge is -2.06. The van der Waals surface area contributed by atoms with Crippen LogP contribution in [0.25, 0.3) is 0 Å². The van der Waals surface area contributed by atoms with E-state index in [9.17, 15) is 9.59 Å². The van der Waals surface area contributed by atoms with E-state index in [1.807, 2.05) is 13.8 Å². The normalized spacial score (nSPS) is 9.79. The van der Waals surface area contributed by atoms with Crippen LogP contribution < -0.4 is 5.32 Å². The Balaban J connectivity index is 0. The summed E-state index contributed by atoms with van der Waals surface area (Å²) in [4.78, 5) is 22.1. The maximum Gasteiger partial charge on any atom is 0.220 e. The molecule has 114 valence electrons. The molecule has 0 aromatic rings. The van der Waals surface area contributed by atoms with Gasteiger partial charge in [0.15, 0.2) is 0 Å². The van der Waals surface area contributed by atoms with Crippen molar-refractivity contribution in [2.75, 3.05) is 6.54 Å². The molecule has 0 aromatic carbocycles. The fourth-order valence-electron chi connectivity index (χ4n) is 1.59. The zero-order chi connectivity index (χ0) is 15.1. The molecule has 3 nitrogen and oxygen atoms in total. The number of hydrogen-bond acceptors (Lipinski definition) is 2. The zero-order valence-corrected chi connectivity index (χ0v) is 13.6. The first kappa shape index (κ1) is 20.5. The molecule has 0 atom stereocenters. The lowest BCUT2D eigenvalue weighted by Crippen LogP contribution is -2.24. The average molecular weight is 271 g/mol. The lowest BCUT2D eigenvalue weighted by atomic mass is 10.1. The summed E-state index contributed by atoms with van der Waals surface area (Å²) in [6.07, 6.45) is 6.48. The zero-order valence-electron chi connectivity index (χ0n) is 13.6. The van der Waals surface area contributed by atoms with Crippen LogP contribution in [0, 0.1) is 5.92 Å². The summed E-state index contributed by atoms with van der Waals surface area (Å²) < 4.78 is 0. The molecule has 0 saturated carbocycles. The van der Waals surface area contributed by atoms with Crippen molar-refractivity contribution in [3.63, 3.8) is 0 Å². The molecule has 0 unspecified atom stereocenters. The molecule has 0 heterocycles. The topological polar surface area (TPSA) is 46.2 Å². The predicted octanol–water partition coefficient (Wildman–Crippen LogP) is 4.10. The quantitative estimate of drug-likeness (QED) is 0.608. The standard InChI is InChI=1S/C14H27NO2.C2H6/c1-12(2)9-10-14(17)15-11-7-5-4-6-8-13(3)16;1-2/h12H,4-11H2,1-3H3,(H,15,17);1-2H3. The molecule has 0 radical (unpaired) electrons. The van der Waals surface area contributed by atoms with Crippen molar-refractivity contribution in [2.24, 2.45) is 5.92 Å². The number of rotatable bonds is 10. The number of carbonyl (C=O) groups is 2. The highest BCUT2D eigenvalue weighted by Crippen LogP contribution is 2.04. The Morgan fingerprint density at radius 1 is 0.947 bits per heavy atom. The minimum atomic E-state index is 0.169. The number of amides is 1. The smallest absolute Gasteiger partial charge is 0.220 e. The second kappa shape index (κ2) is 15.2. The number of unbranched alkanes of at least 4 members (excludes halogenated alkanes) is 3. The molecule has 19 heavy (non-hydrogen) atoms. The molecular formula is C16H33NO2. The molecule has 0 aliphatic carbocycles. The van der Waals surface area contributed by atoms with E-state index in [1.165, 1.54) is 0 Å². The maximum absolute atomic E-state index is 11.4. The number of nitrogens with one attached hydrogen (secondary N) is 1. The molecule has 0 aromatic heterocycles. The molecule has 0 spiro atoms. The van der Waals surface area contributed by atoms with Crippen LogP contribution in [-0.2, 0) is 9.59 Å². The summed E-state index contributed by atoms with van der Waals surface area (Å²) in [5.41, 5.74) is 0.